The molecule has 0 radical (unpaired) electrons. The van der Waals surface area contributed by atoms with E-state index in [4.69, 9.17) is 0 Å². The molecule has 0 saturated carbocycles. The highest BCUT2D eigenvalue weighted by atomic mass is 16.8. The monoisotopic (exact) mass is 130 g/mol. The molecule has 0 bridgehead atoms. The number of hydrogen-bond acceptors (Lipinski definition) is 3. The van der Waals surface area contributed by atoms with Gasteiger partial charge in [0.2, 0.25) is 5.69 Å². The summed E-state index contributed by atoms with van der Waals surface area (Å²) in [4.78, 5) is 10.6. The number of hydrogen-bond donors (Lipinski definition) is 0. The van der Waals surface area contributed by atoms with E-state index in [9.17, 15) is 10.1 Å². The van der Waals surface area contributed by atoms with E-state index in [1.165, 1.54) is 13.8 Å². The smallest absolute Gasteiger partial charge is 0.218 e. The maximum absolute atomic E-state index is 10.4. The van der Waals surface area contributed by atoms with Gasteiger partial charge < -0.3 is 5.21 Å². The van der Waals surface area contributed by atoms with Crippen molar-refractivity contribution in [2.75, 3.05) is 0 Å². The van der Waals surface area contributed by atoms with Gasteiger partial charge in [0.25, 0.3) is 0 Å². The fourth-order valence-corrected chi connectivity index (χ4v) is 0.454. The lowest BCUT2D eigenvalue weighted by molar-refractivity contribution is -0.722. The lowest BCUT2D eigenvalue weighted by Gasteiger charge is -1.82. The van der Waals surface area contributed by atoms with Crippen molar-refractivity contribution in [1.29, 1.82) is 0 Å². The first-order valence-electron chi connectivity index (χ1n) is 2.43. The van der Waals surface area contributed by atoms with Crippen molar-refractivity contribution < 1.29 is 9.23 Å². The third-order valence-electron chi connectivity index (χ3n) is 1.22. The van der Waals surface area contributed by atoms with Gasteiger partial charge in [-0.1, -0.05) is 0 Å². The third kappa shape index (κ3) is 0.697. The summed E-state index contributed by atoms with van der Waals surface area (Å²) in [7, 11) is 0. The van der Waals surface area contributed by atoms with Crippen molar-refractivity contribution in [2.24, 2.45) is 0 Å². The zero-order chi connectivity index (χ0) is 7.02. The molecule has 0 unspecified atom stereocenters. The minimum Gasteiger partial charge on any atom is -0.359 e. The van der Waals surface area contributed by atoms with Gasteiger partial charge in [-0.15, -0.1) is 0 Å². The van der Waals surface area contributed by atoms with E-state index in [0.29, 0.717) is 11.4 Å². The Morgan fingerprint density at radius 3 is 2.33 bits per heavy atom. The van der Waals surface area contributed by atoms with Crippen molar-refractivity contribution in [3.05, 3.63) is 21.5 Å². The Morgan fingerprint density at radius 1 is 1.67 bits per heavy atom. The SMILES string of the molecule is Cc1c(C)[n+](=O)on1[O-]. The fraction of sp³-hybridized carbons (Fsp3) is 0.500. The van der Waals surface area contributed by atoms with Gasteiger partial charge in [-0.05, 0) is 9.81 Å². The minimum atomic E-state index is 0.183. The zero-order valence-corrected chi connectivity index (χ0v) is 5.12. The van der Waals surface area contributed by atoms with Crippen LogP contribution in [0.5, 0.6) is 0 Å². The van der Waals surface area contributed by atoms with Gasteiger partial charge >= 0.3 is 0 Å². The first-order chi connectivity index (χ1) is 4.13. The minimum absolute atomic E-state index is 0.183. The van der Waals surface area contributed by atoms with Gasteiger partial charge in [-0.2, -0.15) is 0 Å². The Labute approximate surface area is 50.6 Å². The van der Waals surface area contributed by atoms with E-state index < -0.39 is 0 Å². The van der Waals surface area contributed by atoms with Gasteiger partial charge in [0.05, 0.1) is 4.60 Å². The van der Waals surface area contributed by atoms with E-state index in [1.54, 1.807) is 0 Å². The van der Waals surface area contributed by atoms with Gasteiger partial charge in [0, 0.05) is 13.8 Å². The molecule has 0 saturated heterocycles. The number of nitrogens with zero attached hydrogens (tertiary/aromatic N) is 2. The van der Waals surface area contributed by atoms with Crippen LogP contribution < -0.4 is 4.60 Å². The Hall–Kier alpha value is -1.26. The lowest BCUT2D eigenvalue weighted by atomic mass is 10.4. The van der Waals surface area contributed by atoms with Crippen LogP contribution in [0, 0.1) is 24.0 Å². The molecule has 0 amide bonds. The van der Waals surface area contributed by atoms with Crippen LogP contribution in [0.15, 0.2) is 4.63 Å². The first kappa shape index (κ1) is 5.87. The molecule has 0 spiro atoms. The fourth-order valence-electron chi connectivity index (χ4n) is 0.454. The van der Waals surface area contributed by atoms with Crippen molar-refractivity contribution in [3.63, 3.8) is 0 Å². The molecule has 9 heavy (non-hydrogen) atoms. The standard InChI is InChI=1S/C4H6N2O3/c1-3-4(2)6(8)9-5(3)7/h1-2H3. The highest BCUT2D eigenvalue weighted by molar-refractivity contribution is 4.99. The molecule has 0 aliphatic rings. The normalized spacial score (nSPS) is 10.0. The van der Waals surface area contributed by atoms with Crippen LogP contribution in [-0.2, 0) is 0 Å². The summed E-state index contributed by atoms with van der Waals surface area (Å²) in [5.41, 5.74) is 0.593. The Bertz CT molecular complexity index is 272. The van der Waals surface area contributed by atoms with Crippen molar-refractivity contribution in [3.8, 4) is 0 Å². The molecular formula is C4H6N2O3. The maximum Gasteiger partial charge on any atom is 0.218 e. The molecule has 0 aliphatic carbocycles. The van der Waals surface area contributed by atoms with Crippen molar-refractivity contribution in [2.45, 2.75) is 13.8 Å². The second-order valence-electron chi connectivity index (χ2n) is 1.77. The zero-order valence-electron chi connectivity index (χ0n) is 5.12. The van der Waals surface area contributed by atoms with E-state index in [-0.39, 0.29) is 9.50 Å². The Morgan fingerprint density at radius 2 is 2.22 bits per heavy atom. The topological polar surface area (TPSA) is 64.1 Å². The van der Waals surface area contributed by atoms with Crippen LogP contribution in [0.4, 0.5) is 0 Å². The van der Waals surface area contributed by atoms with Crippen LogP contribution in [0.2, 0.25) is 0 Å². The predicted octanol–water partition coefficient (Wildman–Crippen LogP) is -0.0417. The molecule has 1 aromatic heterocycles. The average molecular weight is 130 g/mol. The molecule has 0 fully saturated rings. The number of rotatable bonds is 0. The summed E-state index contributed by atoms with van der Waals surface area (Å²) in [6.07, 6.45) is 0. The summed E-state index contributed by atoms with van der Waals surface area (Å²) >= 11 is 0. The summed E-state index contributed by atoms with van der Waals surface area (Å²) in [5, 5.41) is 10.4. The van der Waals surface area contributed by atoms with Crippen LogP contribution >= 0.6 is 0 Å². The Kier molecular flexibility index (Phi) is 1.05. The number of aromatic nitrogens is 2. The van der Waals surface area contributed by atoms with E-state index in [2.05, 4.69) is 4.63 Å². The van der Waals surface area contributed by atoms with E-state index in [1.807, 2.05) is 0 Å². The summed E-state index contributed by atoms with van der Waals surface area (Å²) in [6.45, 7) is 3.03. The van der Waals surface area contributed by atoms with E-state index >= 15 is 0 Å². The summed E-state index contributed by atoms with van der Waals surface area (Å²) in [5.74, 6) is 0. The molecule has 0 atom stereocenters. The second kappa shape index (κ2) is 1.61. The highest BCUT2D eigenvalue weighted by Crippen LogP contribution is 1.96. The van der Waals surface area contributed by atoms with Gasteiger partial charge in [0.15, 0.2) is 5.69 Å². The Balaban J connectivity index is 3.47. The van der Waals surface area contributed by atoms with Crippen LogP contribution in [0.25, 0.3) is 0 Å². The highest BCUT2D eigenvalue weighted by Gasteiger charge is 2.08. The predicted molar refractivity (Wildman–Crippen MR) is 28.3 cm³/mol. The molecule has 0 N–H and O–H groups in total. The third-order valence-corrected chi connectivity index (χ3v) is 1.22. The van der Waals surface area contributed by atoms with Crippen LogP contribution in [-0.4, -0.2) is 4.90 Å². The maximum atomic E-state index is 10.4. The quantitative estimate of drug-likeness (QED) is 0.494. The van der Waals surface area contributed by atoms with Crippen LogP contribution in [0.3, 0.4) is 0 Å². The molecule has 0 aromatic carbocycles. The van der Waals surface area contributed by atoms with Crippen molar-refractivity contribution in [1.82, 2.24) is 4.90 Å². The lowest BCUT2D eigenvalue weighted by Crippen LogP contribution is -2.12. The largest absolute Gasteiger partial charge is 0.359 e. The molecule has 1 heterocycles. The van der Waals surface area contributed by atoms with Gasteiger partial charge in [-0.3, -0.25) is 4.63 Å². The second-order valence-corrected chi connectivity index (χ2v) is 1.77. The molecule has 5 nitrogen and oxygen atoms in total. The van der Waals surface area contributed by atoms with Gasteiger partial charge in [0.1, 0.15) is 0 Å². The molecular weight excluding hydrogens is 124 g/mol. The summed E-state index contributed by atoms with van der Waals surface area (Å²) < 4.78 is 4.25. The molecule has 0 aliphatic heterocycles. The molecule has 1 rings (SSSR count). The molecule has 1 aromatic rings. The van der Waals surface area contributed by atoms with Crippen molar-refractivity contribution >= 4 is 0 Å². The van der Waals surface area contributed by atoms with E-state index in [0.717, 1.165) is 0 Å². The van der Waals surface area contributed by atoms with Crippen LogP contribution in [0.1, 0.15) is 11.4 Å². The molecule has 5 heteroatoms. The first-order valence-corrected chi connectivity index (χ1v) is 2.43. The molecule has 50 valence electrons. The average Bonchev–Trinajstić information content (AvgIpc) is 1.98. The van der Waals surface area contributed by atoms with Gasteiger partial charge in [-0.25, -0.2) is 0 Å². The summed E-state index contributed by atoms with van der Waals surface area (Å²) in [6, 6.07) is 0.